The van der Waals surface area contributed by atoms with Gasteiger partial charge in [-0.2, -0.15) is 0 Å². The molecule has 3 aromatic heterocycles. The molecule has 13 rings (SSSR count). The average molecular weight is 836 g/mol. The van der Waals surface area contributed by atoms with E-state index in [0.717, 1.165) is 88.8 Å². The van der Waals surface area contributed by atoms with E-state index in [4.69, 9.17) is 8.83 Å². The van der Waals surface area contributed by atoms with Crippen LogP contribution < -0.4 is 4.90 Å². The van der Waals surface area contributed by atoms with Gasteiger partial charge in [-0.05, 0) is 123 Å². The Hall–Kier alpha value is -8.18. The van der Waals surface area contributed by atoms with E-state index in [0.29, 0.717) is 0 Å². The molecule has 13 aromatic rings. The van der Waals surface area contributed by atoms with Crippen LogP contribution in [0.15, 0.2) is 233 Å². The van der Waals surface area contributed by atoms with Gasteiger partial charge in [-0.1, -0.05) is 146 Å². The molecule has 0 N–H and O–H groups in total. The van der Waals surface area contributed by atoms with Gasteiger partial charge in [-0.25, -0.2) is 0 Å². The average Bonchev–Trinajstić information content (AvgIpc) is 4.06. The second-order valence-electron chi connectivity index (χ2n) is 16.4. The zero-order chi connectivity index (χ0) is 42.1. The van der Waals surface area contributed by atoms with Crippen molar-refractivity contribution in [2.24, 2.45) is 0 Å². The number of thiophene rings is 1. The van der Waals surface area contributed by atoms with Crippen LogP contribution in [0.1, 0.15) is 0 Å². The molecule has 0 aliphatic rings. The maximum Gasteiger partial charge on any atom is 0.136 e. The Kier molecular flexibility index (Phi) is 8.40. The first-order chi connectivity index (χ1) is 31.7. The number of anilines is 3. The fourth-order valence-electron chi connectivity index (χ4n) is 9.74. The Labute approximate surface area is 373 Å². The van der Waals surface area contributed by atoms with Crippen LogP contribution in [0.4, 0.5) is 17.1 Å². The summed E-state index contributed by atoms with van der Waals surface area (Å²) in [6, 6.07) is 80.5. The first-order valence-corrected chi connectivity index (χ1v) is 22.5. The van der Waals surface area contributed by atoms with Gasteiger partial charge in [0.05, 0.1) is 0 Å². The van der Waals surface area contributed by atoms with Crippen molar-refractivity contribution in [3.8, 4) is 44.5 Å². The lowest BCUT2D eigenvalue weighted by atomic mass is 9.95. The molecular weight excluding hydrogens is 799 g/mol. The predicted octanol–water partition coefficient (Wildman–Crippen LogP) is 18.0. The van der Waals surface area contributed by atoms with Crippen LogP contribution in [0.2, 0.25) is 0 Å². The van der Waals surface area contributed by atoms with E-state index in [9.17, 15) is 0 Å². The van der Waals surface area contributed by atoms with E-state index in [-0.39, 0.29) is 0 Å². The minimum atomic E-state index is 0.897. The third-order valence-corrected chi connectivity index (χ3v) is 13.8. The van der Waals surface area contributed by atoms with Crippen LogP contribution in [0.25, 0.3) is 109 Å². The fraction of sp³-hybridized carbons (Fsp3) is 0. The molecule has 0 radical (unpaired) electrons. The lowest BCUT2D eigenvalue weighted by Gasteiger charge is -2.26. The zero-order valence-corrected chi connectivity index (χ0v) is 35.4. The number of furan rings is 2. The van der Waals surface area contributed by atoms with Crippen LogP contribution >= 0.6 is 11.3 Å². The molecule has 0 unspecified atom stereocenters. The Morgan fingerprint density at radius 1 is 0.281 bits per heavy atom. The number of rotatable bonds is 7. The molecule has 10 aromatic carbocycles. The maximum absolute atomic E-state index is 6.26. The van der Waals surface area contributed by atoms with Crippen molar-refractivity contribution in [1.29, 1.82) is 0 Å². The Morgan fingerprint density at radius 3 is 1.30 bits per heavy atom. The summed E-state index contributed by atoms with van der Waals surface area (Å²) in [6.45, 7) is 0. The van der Waals surface area contributed by atoms with Crippen molar-refractivity contribution in [1.82, 2.24) is 0 Å². The second-order valence-corrected chi connectivity index (χ2v) is 17.5. The molecule has 0 aliphatic heterocycles. The molecule has 3 nitrogen and oxygen atoms in total. The summed E-state index contributed by atoms with van der Waals surface area (Å²) < 4.78 is 15.1. The first kappa shape index (κ1) is 36.5. The predicted molar refractivity (Wildman–Crippen MR) is 270 cm³/mol. The van der Waals surface area contributed by atoms with Gasteiger partial charge in [0.1, 0.15) is 22.3 Å². The molecule has 0 amide bonds. The largest absolute Gasteiger partial charge is 0.456 e. The fourth-order valence-corrected chi connectivity index (χ4v) is 10.9. The summed E-state index contributed by atoms with van der Waals surface area (Å²) in [5.41, 5.74) is 16.2. The first-order valence-electron chi connectivity index (χ1n) is 21.6. The molecule has 0 fully saturated rings. The maximum atomic E-state index is 6.26. The molecule has 0 spiro atoms. The molecule has 0 aliphatic carbocycles. The van der Waals surface area contributed by atoms with E-state index in [1.807, 2.05) is 35.6 Å². The minimum Gasteiger partial charge on any atom is -0.456 e. The summed E-state index contributed by atoms with van der Waals surface area (Å²) in [6.07, 6.45) is 0. The minimum absolute atomic E-state index is 0.897. The highest BCUT2D eigenvalue weighted by molar-refractivity contribution is 7.25. The van der Waals surface area contributed by atoms with Crippen molar-refractivity contribution < 1.29 is 8.83 Å². The Morgan fingerprint density at radius 2 is 0.703 bits per heavy atom. The highest BCUT2D eigenvalue weighted by Crippen LogP contribution is 2.44. The summed E-state index contributed by atoms with van der Waals surface area (Å²) in [7, 11) is 0. The van der Waals surface area contributed by atoms with Gasteiger partial charge in [-0.15, -0.1) is 11.3 Å². The summed E-state index contributed by atoms with van der Waals surface area (Å²) >= 11 is 1.86. The van der Waals surface area contributed by atoms with Crippen LogP contribution in [0, 0.1) is 0 Å². The quantitative estimate of drug-likeness (QED) is 0.160. The van der Waals surface area contributed by atoms with Gasteiger partial charge in [0, 0.05) is 58.8 Å². The number of nitrogens with zero attached hydrogens (tertiary/aromatic N) is 1. The zero-order valence-electron chi connectivity index (χ0n) is 34.5. The summed E-state index contributed by atoms with van der Waals surface area (Å²) in [5, 5.41) is 7.17. The van der Waals surface area contributed by atoms with Crippen molar-refractivity contribution in [3.05, 3.63) is 224 Å². The Bertz CT molecular complexity index is 3730. The lowest BCUT2D eigenvalue weighted by molar-refractivity contribution is 0.668. The molecular formula is C60H37NO2S. The number of benzene rings is 10. The second kappa shape index (κ2) is 14.7. The van der Waals surface area contributed by atoms with Gasteiger partial charge in [0.25, 0.3) is 0 Å². The molecule has 64 heavy (non-hydrogen) atoms. The third kappa shape index (κ3) is 5.95. The van der Waals surface area contributed by atoms with E-state index in [2.05, 4.69) is 205 Å². The molecule has 3 heterocycles. The van der Waals surface area contributed by atoms with Crippen LogP contribution in [0.3, 0.4) is 0 Å². The van der Waals surface area contributed by atoms with Gasteiger partial charge in [0.2, 0.25) is 0 Å². The highest BCUT2D eigenvalue weighted by atomic mass is 32.1. The molecule has 0 saturated carbocycles. The van der Waals surface area contributed by atoms with Gasteiger partial charge in [-0.3, -0.25) is 0 Å². The van der Waals surface area contributed by atoms with Crippen LogP contribution in [-0.2, 0) is 0 Å². The molecule has 4 heteroatoms. The standard InChI is InChI=1S/C60H37NO2S/c1-4-19-52-49(13-1)58-46(16-8-21-54(58)62-52)39-27-33-44(34-28-39)61(45-35-29-40(30-36-45)47-18-10-24-57-60(47)51-15-3-6-23-56(51)64-57)43-31-25-38(26-32-43)41-11-7-12-42(37-41)48-17-9-22-55-59(48)50-14-2-5-20-53(50)63-55/h1-37H. The monoisotopic (exact) mass is 835 g/mol. The molecule has 0 bridgehead atoms. The van der Waals surface area contributed by atoms with Gasteiger partial charge < -0.3 is 13.7 Å². The lowest BCUT2D eigenvalue weighted by Crippen LogP contribution is -2.09. The smallest absolute Gasteiger partial charge is 0.136 e. The van der Waals surface area contributed by atoms with Crippen LogP contribution in [-0.4, -0.2) is 0 Å². The number of fused-ring (bicyclic) bond motifs is 9. The highest BCUT2D eigenvalue weighted by Gasteiger charge is 2.18. The van der Waals surface area contributed by atoms with Gasteiger partial charge >= 0.3 is 0 Å². The normalized spacial score (nSPS) is 11.8. The van der Waals surface area contributed by atoms with Gasteiger partial charge in [0.15, 0.2) is 0 Å². The van der Waals surface area contributed by atoms with Crippen molar-refractivity contribution in [2.75, 3.05) is 4.90 Å². The van der Waals surface area contributed by atoms with E-state index < -0.39 is 0 Å². The molecule has 0 atom stereocenters. The number of hydrogen-bond acceptors (Lipinski definition) is 4. The third-order valence-electron chi connectivity index (χ3n) is 12.7. The summed E-state index contributed by atoms with van der Waals surface area (Å²) in [5.74, 6) is 0. The SMILES string of the molecule is c1cc(-c2ccc(N(c3ccc(-c4cccc5oc6ccccc6c45)cc3)c3ccc(-c4cccc5sc6ccccc6c45)cc3)cc2)cc(-c2cccc3oc4ccccc4c23)c1. The molecule has 300 valence electrons. The summed E-state index contributed by atoms with van der Waals surface area (Å²) in [4.78, 5) is 2.35. The number of hydrogen-bond donors (Lipinski definition) is 0. The van der Waals surface area contributed by atoms with Crippen LogP contribution in [0.5, 0.6) is 0 Å². The van der Waals surface area contributed by atoms with E-state index in [1.165, 1.54) is 36.9 Å². The van der Waals surface area contributed by atoms with Crippen molar-refractivity contribution in [3.63, 3.8) is 0 Å². The van der Waals surface area contributed by atoms with Crippen molar-refractivity contribution >= 4 is 92.4 Å². The number of para-hydroxylation sites is 2. The topological polar surface area (TPSA) is 29.5 Å². The van der Waals surface area contributed by atoms with Crippen molar-refractivity contribution in [2.45, 2.75) is 0 Å². The Balaban J connectivity index is 0.896. The molecule has 0 saturated heterocycles. The van der Waals surface area contributed by atoms with E-state index in [1.54, 1.807) is 0 Å². The van der Waals surface area contributed by atoms with E-state index >= 15 is 0 Å².